The molecule has 4 N–H and O–H groups in total. The first-order valence-electron chi connectivity index (χ1n) is 5.17. The second kappa shape index (κ2) is 6.00. The van der Waals surface area contributed by atoms with E-state index in [1.165, 1.54) is 0 Å². The summed E-state index contributed by atoms with van der Waals surface area (Å²) in [5, 5.41) is 5.47. The molecule has 1 atom stereocenters. The number of anilines is 2. The Balaban J connectivity index is 2.80. The zero-order chi connectivity index (χ0) is 12.8. The zero-order valence-electron chi connectivity index (χ0n) is 10.2. The number of methoxy groups -OCH3 is 1. The third-order valence-electron chi connectivity index (χ3n) is 2.07. The molecule has 0 radical (unpaired) electrons. The minimum Gasteiger partial charge on any atom is -0.384 e. The number of rotatable bonds is 5. The van der Waals surface area contributed by atoms with Gasteiger partial charge in [0.15, 0.2) is 5.82 Å². The summed E-state index contributed by atoms with van der Waals surface area (Å²) in [4.78, 5) is 19.5. The summed E-state index contributed by atoms with van der Waals surface area (Å²) in [7, 11) is 3.12. The lowest BCUT2D eigenvalue weighted by Crippen LogP contribution is -2.35. The van der Waals surface area contributed by atoms with Crippen LogP contribution in [0.3, 0.4) is 0 Å². The van der Waals surface area contributed by atoms with Gasteiger partial charge in [-0.1, -0.05) is 0 Å². The normalized spacial score (nSPS) is 11.9. The highest BCUT2D eigenvalue weighted by Crippen LogP contribution is 2.10. The van der Waals surface area contributed by atoms with Crippen LogP contribution in [0, 0.1) is 0 Å². The fraction of sp³-hybridized carbons (Fsp3) is 0.500. The van der Waals surface area contributed by atoms with Crippen LogP contribution in [-0.2, 0) is 16.1 Å². The molecular weight excluding hydrogens is 222 g/mol. The Labute approximate surface area is 99.8 Å². The van der Waals surface area contributed by atoms with E-state index < -0.39 is 6.04 Å². The number of hydrogen-bond acceptors (Lipinski definition) is 6. The van der Waals surface area contributed by atoms with Crippen LogP contribution in [0.15, 0.2) is 6.07 Å². The minimum absolute atomic E-state index is 0.129. The van der Waals surface area contributed by atoms with Crippen LogP contribution in [0.5, 0.6) is 0 Å². The average molecular weight is 239 g/mol. The van der Waals surface area contributed by atoms with Gasteiger partial charge in [-0.05, 0) is 6.92 Å². The van der Waals surface area contributed by atoms with Gasteiger partial charge < -0.3 is 21.1 Å². The van der Waals surface area contributed by atoms with E-state index in [9.17, 15) is 4.79 Å². The maximum Gasteiger partial charge on any atom is 0.241 e. The second-order valence-corrected chi connectivity index (χ2v) is 3.51. The standard InChI is InChI=1S/C10H17N5O2/c1-6(10(16)12-2)13-8-4-7(11)14-9(15-8)5-17-3/h4,6H,5H2,1-3H3,(H,12,16)(H3,11,13,14,15). The highest BCUT2D eigenvalue weighted by Gasteiger charge is 2.12. The Kier molecular flexibility index (Phi) is 4.65. The number of aromatic nitrogens is 2. The zero-order valence-corrected chi connectivity index (χ0v) is 10.2. The largest absolute Gasteiger partial charge is 0.384 e. The van der Waals surface area contributed by atoms with Gasteiger partial charge in [0.25, 0.3) is 0 Å². The molecule has 0 spiro atoms. The van der Waals surface area contributed by atoms with Crippen LogP contribution < -0.4 is 16.4 Å². The number of nitrogens with two attached hydrogens (primary N) is 1. The number of carbonyl (C=O) groups is 1. The molecule has 0 aliphatic carbocycles. The summed E-state index contributed by atoms with van der Waals surface area (Å²) < 4.78 is 4.92. The molecular formula is C10H17N5O2. The summed E-state index contributed by atoms with van der Waals surface area (Å²) in [6.45, 7) is 2.00. The van der Waals surface area contributed by atoms with Crippen molar-refractivity contribution in [3.63, 3.8) is 0 Å². The van der Waals surface area contributed by atoms with E-state index in [1.807, 2.05) is 0 Å². The van der Waals surface area contributed by atoms with E-state index in [0.29, 0.717) is 17.5 Å². The molecule has 0 aliphatic rings. The Bertz CT molecular complexity index is 396. The quantitative estimate of drug-likeness (QED) is 0.655. The van der Waals surface area contributed by atoms with Crippen LogP contribution in [-0.4, -0.2) is 36.1 Å². The molecule has 1 rings (SSSR count). The molecule has 0 saturated carbocycles. The van der Waals surface area contributed by atoms with Gasteiger partial charge in [-0.25, -0.2) is 9.97 Å². The fourth-order valence-corrected chi connectivity index (χ4v) is 1.29. The van der Waals surface area contributed by atoms with Gasteiger partial charge in [0.1, 0.15) is 24.3 Å². The van der Waals surface area contributed by atoms with Gasteiger partial charge in [0, 0.05) is 20.2 Å². The highest BCUT2D eigenvalue weighted by atomic mass is 16.5. The summed E-state index contributed by atoms with van der Waals surface area (Å²) in [6.07, 6.45) is 0. The molecule has 1 unspecified atom stereocenters. The van der Waals surface area contributed by atoms with Gasteiger partial charge in [-0.15, -0.1) is 0 Å². The second-order valence-electron chi connectivity index (χ2n) is 3.51. The third kappa shape index (κ3) is 3.87. The number of hydrogen-bond donors (Lipinski definition) is 3. The Morgan fingerprint density at radius 1 is 1.59 bits per heavy atom. The number of nitrogens with zero attached hydrogens (tertiary/aromatic N) is 2. The van der Waals surface area contributed by atoms with Crippen molar-refractivity contribution in [1.82, 2.24) is 15.3 Å². The van der Waals surface area contributed by atoms with Crippen molar-refractivity contribution in [2.45, 2.75) is 19.6 Å². The molecule has 7 heteroatoms. The van der Waals surface area contributed by atoms with E-state index in [4.69, 9.17) is 10.5 Å². The molecule has 0 fully saturated rings. The van der Waals surface area contributed by atoms with E-state index in [1.54, 1.807) is 27.1 Å². The van der Waals surface area contributed by atoms with Gasteiger partial charge in [0.2, 0.25) is 5.91 Å². The van der Waals surface area contributed by atoms with Crippen LogP contribution >= 0.6 is 0 Å². The number of nitrogen functional groups attached to an aromatic ring is 1. The number of likely N-dealkylation sites (N-methyl/N-ethyl adjacent to an activating group) is 1. The van der Waals surface area contributed by atoms with E-state index in [0.717, 1.165) is 0 Å². The van der Waals surface area contributed by atoms with E-state index >= 15 is 0 Å². The van der Waals surface area contributed by atoms with Gasteiger partial charge in [-0.2, -0.15) is 0 Å². The molecule has 7 nitrogen and oxygen atoms in total. The third-order valence-corrected chi connectivity index (χ3v) is 2.07. The first kappa shape index (κ1) is 13.2. The van der Waals surface area contributed by atoms with Crippen molar-refractivity contribution >= 4 is 17.5 Å². The van der Waals surface area contributed by atoms with Gasteiger partial charge in [-0.3, -0.25) is 4.79 Å². The Morgan fingerprint density at radius 2 is 2.29 bits per heavy atom. The summed E-state index contributed by atoms with van der Waals surface area (Å²) in [5.41, 5.74) is 5.63. The maximum atomic E-state index is 11.3. The van der Waals surface area contributed by atoms with E-state index in [2.05, 4.69) is 20.6 Å². The SMILES string of the molecule is CNC(=O)C(C)Nc1cc(N)nc(COC)n1. The maximum absolute atomic E-state index is 11.3. The lowest BCUT2D eigenvalue weighted by atomic mass is 10.3. The topological polar surface area (TPSA) is 102 Å². The molecule has 0 saturated heterocycles. The van der Waals surface area contributed by atoms with Gasteiger partial charge in [0.05, 0.1) is 0 Å². The van der Waals surface area contributed by atoms with Crippen molar-refractivity contribution in [2.24, 2.45) is 0 Å². The van der Waals surface area contributed by atoms with Crippen LogP contribution in [0.1, 0.15) is 12.7 Å². The molecule has 1 heterocycles. The van der Waals surface area contributed by atoms with Crippen LogP contribution in [0.4, 0.5) is 11.6 Å². The Hall–Kier alpha value is -1.89. The molecule has 94 valence electrons. The van der Waals surface area contributed by atoms with Crippen molar-refractivity contribution in [3.8, 4) is 0 Å². The van der Waals surface area contributed by atoms with E-state index in [-0.39, 0.29) is 12.5 Å². The predicted molar refractivity (Wildman–Crippen MR) is 64.3 cm³/mol. The molecule has 1 aromatic heterocycles. The summed E-state index contributed by atoms with van der Waals surface area (Å²) >= 11 is 0. The smallest absolute Gasteiger partial charge is 0.241 e. The molecule has 0 aromatic carbocycles. The summed E-state index contributed by atoms with van der Waals surface area (Å²) in [5.74, 6) is 1.17. The van der Waals surface area contributed by atoms with Crippen molar-refractivity contribution in [1.29, 1.82) is 0 Å². The average Bonchev–Trinajstić information content (AvgIpc) is 2.27. The first-order valence-corrected chi connectivity index (χ1v) is 5.17. The summed E-state index contributed by atoms with van der Waals surface area (Å²) in [6, 6.07) is 1.17. The van der Waals surface area contributed by atoms with Crippen molar-refractivity contribution in [2.75, 3.05) is 25.2 Å². The molecule has 1 amide bonds. The highest BCUT2D eigenvalue weighted by molar-refractivity contribution is 5.83. The first-order chi connectivity index (χ1) is 8.06. The number of amides is 1. The van der Waals surface area contributed by atoms with Crippen LogP contribution in [0.2, 0.25) is 0 Å². The number of carbonyl (C=O) groups excluding carboxylic acids is 1. The molecule has 0 bridgehead atoms. The van der Waals surface area contributed by atoms with Crippen molar-refractivity contribution in [3.05, 3.63) is 11.9 Å². The molecule has 0 aliphatic heterocycles. The lowest BCUT2D eigenvalue weighted by Gasteiger charge is -2.13. The van der Waals surface area contributed by atoms with Crippen molar-refractivity contribution < 1.29 is 9.53 Å². The number of ether oxygens (including phenoxy) is 1. The van der Waals surface area contributed by atoms with Crippen LogP contribution in [0.25, 0.3) is 0 Å². The Morgan fingerprint density at radius 3 is 2.88 bits per heavy atom. The minimum atomic E-state index is -0.398. The fourth-order valence-electron chi connectivity index (χ4n) is 1.29. The monoisotopic (exact) mass is 239 g/mol. The van der Waals surface area contributed by atoms with Gasteiger partial charge >= 0.3 is 0 Å². The lowest BCUT2D eigenvalue weighted by molar-refractivity contribution is -0.121. The molecule has 17 heavy (non-hydrogen) atoms. The molecule has 1 aromatic rings. The number of nitrogens with one attached hydrogen (secondary N) is 2. The predicted octanol–water partition coefficient (Wildman–Crippen LogP) is -0.248.